The summed E-state index contributed by atoms with van der Waals surface area (Å²) in [6.45, 7) is 6.85. The van der Waals surface area contributed by atoms with Crippen molar-refractivity contribution >= 4 is 21.1 Å². The van der Waals surface area contributed by atoms with Crippen molar-refractivity contribution in [3.8, 4) is 0 Å². The summed E-state index contributed by atoms with van der Waals surface area (Å²) in [7, 11) is -0.376. The predicted octanol–water partition coefficient (Wildman–Crippen LogP) is 3.95. The van der Waals surface area contributed by atoms with Crippen LogP contribution in [-0.2, 0) is 23.1 Å². The van der Waals surface area contributed by atoms with E-state index in [4.69, 9.17) is 4.98 Å². The van der Waals surface area contributed by atoms with E-state index in [0.717, 1.165) is 42.9 Å². The number of benzene rings is 2. The number of hydrogen-bond acceptors (Lipinski definition) is 4. The summed E-state index contributed by atoms with van der Waals surface area (Å²) in [5.41, 5.74) is 4.37. The van der Waals surface area contributed by atoms with Gasteiger partial charge in [0.25, 0.3) is 0 Å². The Bertz CT molecular complexity index is 1170. The van der Waals surface area contributed by atoms with Crippen LogP contribution in [0.15, 0.2) is 47.4 Å². The first-order valence-corrected chi connectivity index (χ1v) is 12.0. The van der Waals surface area contributed by atoms with E-state index >= 15 is 0 Å². The third-order valence-corrected chi connectivity index (χ3v) is 7.84. The molecule has 160 valence electrons. The molecule has 1 aromatic heterocycles. The van der Waals surface area contributed by atoms with Crippen LogP contribution in [0.1, 0.15) is 42.8 Å². The molecule has 0 bridgehead atoms. The van der Waals surface area contributed by atoms with Crippen LogP contribution < -0.4 is 0 Å². The van der Waals surface area contributed by atoms with Crippen LogP contribution in [0.25, 0.3) is 11.0 Å². The van der Waals surface area contributed by atoms with Gasteiger partial charge in [0.15, 0.2) is 0 Å². The molecule has 1 unspecified atom stereocenters. The molecule has 0 radical (unpaired) electrons. The van der Waals surface area contributed by atoms with Crippen molar-refractivity contribution in [2.75, 3.05) is 20.6 Å². The van der Waals surface area contributed by atoms with Gasteiger partial charge in [-0.15, -0.1) is 0 Å². The Labute approximate surface area is 179 Å². The molecule has 2 aromatic carbocycles. The maximum absolute atomic E-state index is 12.5. The van der Waals surface area contributed by atoms with Crippen LogP contribution in [0.4, 0.5) is 0 Å². The first kappa shape index (κ1) is 21.0. The van der Waals surface area contributed by atoms with Gasteiger partial charge in [-0.3, -0.25) is 4.90 Å². The fourth-order valence-electron chi connectivity index (χ4n) is 4.46. The standard InChI is InChI=1S/C23H30N4O2S/c1-5-27-22-12-11-19(30(28,29)25(3)4)15-20(22)24-23(27)16-26-13-7-10-21(26)18-9-6-8-17(2)14-18/h6,8-9,11-12,14-15,21H,5,7,10,13,16H2,1-4H3. The minimum Gasteiger partial charge on any atom is -0.327 e. The van der Waals surface area contributed by atoms with Gasteiger partial charge in [-0.2, -0.15) is 0 Å². The minimum absolute atomic E-state index is 0.283. The van der Waals surface area contributed by atoms with E-state index in [-0.39, 0.29) is 4.90 Å². The number of rotatable bonds is 6. The molecule has 1 fully saturated rings. The molecule has 6 nitrogen and oxygen atoms in total. The normalized spacial score (nSPS) is 18.0. The topological polar surface area (TPSA) is 58.4 Å². The molecule has 30 heavy (non-hydrogen) atoms. The summed E-state index contributed by atoms with van der Waals surface area (Å²) in [5.74, 6) is 0.992. The summed E-state index contributed by atoms with van der Waals surface area (Å²) in [5, 5.41) is 0. The lowest BCUT2D eigenvalue weighted by Crippen LogP contribution is -2.24. The highest BCUT2D eigenvalue weighted by Crippen LogP contribution is 2.34. The number of aryl methyl sites for hydroxylation is 2. The third-order valence-electron chi connectivity index (χ3n) is 6.03. The first-order chi connectivity index (χ1) is 14.3. The third kappa shape index (κ3) is 3.77. The highest BCUT2D eigenvalue weighted by molar-refractivity contribution is 7.89. The zero-order valence-corrected chi connectivity index (χ0v) is 19.0. The van der Waals surface area contributed by atoms with Crippen LogP contribution in [0.5, 0.6) is 0 Å². The van der Waals surface area contributed by atoms with Crippen molar-refractivity contribution in [1.29, 1.82) is 0 Å². The fraction of sp³-hybridized carbons (Fsp3) is 0.435. The molecule has 1 aliphatic heterocycles. The number of fused-ring (bicyclic) bond motifs is 1. The van der Waals surface area contributed by atoms with Crippen molar-refractivity contribution in [1.82, 2.24) is 18.8 Å². The highest BCUT2D eigenvalue weighted by atomic mass is 32.2. The van der Waals surface area contributed by atoms with Gasteiger partial charge in [0, 0.05) is 26.7 Å². The van der Waals surface area contributed by atoms with Crippen molar-refractivity contribution in [3.05, 3.63) is 59.4 Å². The Morgan fingerprint density at radius 2 is 1.97 bits per heavy atom. The van der Waals surface area contributed by atoms with E-state index < -0.39 is 10.0 Å². The van der Waals surface area contributed by atoms with Gasteiger partial charge >= 0.3 is 0 Å². The molecule has 1 aliphatic rings. The van der Waals surface area contributed by atoms with Gasteiger partial charge in [-0.05, 0) is 57.0 Å². The summed E-state index contributed by atoms with van der Waals surface area (Å²) in [6.07, 6.45) is 2.33. The Hall–Kier alpha value is -2.22. The molecule has 0 aliphatic carbocycles. The van der Waals surface area contributed by atoms with Crippen LogP contribution in [-0.4, -0.2) is 47.8 Å². The molecule has 1 saturated heterocycles. The van der Waals surface area contributed by atoms with Crippen LogP contribution in [0.3, 0.4) is 0 Å². The lowest BCUT2D eigenvalue weighted by atomic mass is 10.0. The fourth-order valence-corrected chi connectivity index (χ4v) is 5.38. The number of sulfonamides is 1. The van der Waals surface area contributed by atoms with Gasteiger partial charge < -0.3 is 4.57 Å². The molecule has 0 amide bonds. The van der Waals surface area contributed by atoms with E-state index in [2.05, 4.69) is 47.6 Å². The zero-order chi connectivity index (χ0) is 21.5. The molecular formula is C23H30N4O2S. The quantitative estimate of drug-likeness (QED) is 0.599. The maximum Gasteiger partial charge on any atom is 0.242 e. The van der Waals surface area contributed by atoms with Crippen molar-refractivity contribution in [2.45, 2.75) is 50.7 Å². The smallest absolute Gasteiger partial charge is 0.242 e. The molecule has 7 heteroatoms. The van der Waals surface area contributed by atoms with E-state index in [9.17, 15) is 8.42 Å². The lowest BCUT2D eigenvalue weighted by Gasteiger charge is -2.25. The van der Waals surface area contributed by atoms with Crippen LogP contribution in [0.2, 0.25) is 0 Å². The Kier molecular flexibility index (Phi) is 5.70. The number of likely N-dealkylation sites (tertiary alicyclic amines) is 1. The minimum atomic E-state index is -3.48. The summed E-state index contributed by atoms with van der Waals surface area (Å²) >= 11 is 0. The molecule has 0 saturated carbocycles. The monoisotopic (exact) mass is 426 g/mol. The largest absolute Gasteiger partial charge is 0.327 e. The lowest BCUT2D eigenvalue weighted by molar-refractivity contribution is 0.239. The van der Waals surface area contributed by atoms with Gasteiger partial charge in [0.2, 0.25) is 10.0 Å². The molecular weight excluding hydrogens is 396 g/mol. The van der Waals surface area contributed by atoms with Crippen molar-refractivity contribution in [2.24, 2.45) is 0 Å². The number of aromatic nitrogens is 2. The Morgan fingerprint density at radius 3 is 2.67 bits per heavy atom. The van der Waals surface area contributed by atoms with E-state index in [1.54, 1.807) is 26.2 Å². The zero-order valence-electron chi connectivity index (χ0n) is 18.2. The van der Waals surface area contributed by atoms with Gasteiger partial charge in [-0.1, -0.05) is 29.8 Å². The van der Waals surface area contributed by atoms with Crippen molar-refractivity contribution in [3.63, 3.8) is 0 Å². The van der Waals surface area contributed by atoms with E-state index in [0.29, 0.717) is 6.04 Å². The van der Waals surface area contributed by atoms with E-state index in [1.165, 1.54) is 21.9 Å². The SMILES string of the molecule is CCn1c(CN2CCCC2c2cccc(C)c2)nc2cc(S(=O)(=O)N(C)C)ccc21. The maximum atomic E-state index is 12.5. The molecule has 1 atom stereocenters. The number of imidazole rings is 1. The number of hydrogen-bond donors (Lipinski definition) is 0. The Balaban J connectivity index is 1.68. The second-order valence-electron chi connectivity index (χ2n) is 8.25. The van der Waals surface area contributed by atoms with E-state index in [1.807, 2.05) is 6.07 Å². The summed E-state index contributed by atoms with van der Waals surface area (Å²) < 4.78 is 28.5. The molecule has 3 aromatic rings. The predicted molar refractivity (Wildman–Crippen MR) is 120 cm³/mol. The second kappa shape index (κ2) is 8.13. The van der Waals surface area contributed by atoms with Crippen LogP contribution >= 0.6 is 0 Å². The highest BCUT2D eigenvalue weighted by Gasteiger charge is 2.28. The van der Waals surface area contributed by atoms with Gasteiger partial charge in [-0.25, -0.2) is 17.7 Å². The van der Waals surface area contributed by atoms with Gasteiger partial charge in [0.05, 0.1) is 22.5 Å². The van der Waals surface area contributed by atoms with Gasteiger partial charge in [0.1, 0.15) is 5.82 Å². The first-order valence-electron chi connectivity index (χ1n) is 10.5. The molecule has 0 spiro atoms. The average Bonchev–Trinajstić information content (AvgIpc) is 3.31. The molecule has 0 N–H and O–H groups in total. The second-order valence-corrected chi connectivity index (χ2v) is 10.4. The molecule has 4 rings (SSSR count). The molecule has 2 heterocycles. The number of nitrogens with zero attached hydrogens (tertiary/aromatic N) is 4. The summed E-state index contributed by atoms with van der Waals surface area (Å²) in [4.78, 5) is 7.65. The summed E-state index contributed by atoms with van der Waals surface area (Å²) in [6, 6.07) is 14.4. The Morgan fingerprint density at radius 1 is 1.17 bits per heavy atom. The average molecular weight is 427 g/mol. The van der Waals surface area contributed by atoms with Crippen LogP contribution in [0, 0.1) is 6.92 Å². The van der Waals surface area contributed by atoms with Crippen molar-refractivity contribution < 1.29 is 8.42 Å².